The molecule has 0 bridgehead atoms. The lowest BCUT2D eigenvalue weighted by molar-refractivity contribution is 0.0985. The molecule has 1 heterocycles. The Morgan fingerprint density at radius 3 is 2.82 bits per heavy atom. The molecular formula is C20H16ClN3O3S. The molecule has 1 aliphatic heterocycles. The van der Waals surface area contributed by atoms with E-state index in [-0.39, 0.29) is 6.04 Å². The zero-order chi connectivity index (χ0) is 19.5. The van der Waals surface area contributed by atoms with E-state index in [1.165, 1.54) is 5.56 Å². The van der Waals surface area contributed by atoms with Crippen molar-refractivity contribution >= 4 is 39.2 Å². The Labute approximate surface area is 167 Å². The number of aliphatic imine (C=N–C) groups is 1. The average Bonchev–Trinajstić information content (AvgIpc) is 3.32. The lowest BCUT2D eigenvalue weighted by Crippen LogP contribution is -2.23. The molecule has 0 fully saturated rings. The van der Waals surface area contributed by atoms with Crippen LogP contribution in [-0.4, -0.2) is 22.2 Å². The van der Waals surface area contributed by atoms with Crippen LogP contribution in [0.1, 0.15) is 39.0 Å². The Morgan fingerprint density at radius 2 is 2.00 bits per heavy atom. The number of nitrogens with zero attached hydrogens (tertiary/aromatic N) is 2. The molecule has 1 N–H and O–H groups in total. The number of amides is 1. The highest BCUT2D eigenvalue weighted by atomic mass is 35.5. The van der Waals surface area contributed by atoms with Gasteiger partial charge in [-0.2, -0.15) is 4.99 Å². The minimum atomic E-state index is -3.09. The normalized spacial score (nSPS) is 24.2. The van der Waals surface area contributed by atoms with Gasteiger partial charge < -0.3 is 0 Å². The van der Waals surface area contributed by atoms with Crippen LogP contribution in [0.15, 0.2) is 38.5 Å². The summed E-state index contributed by atoms with van der Waals surface area (Å²) < 4.78 is 20.5. The van der Waals surface area contributed by atoms with Gasteiger partial charge in [0.15, 0.2) is 9.92 Å². The molecule has 2 aliphatic carbocycles. The van der Waals surface area contributed by atoms with Crippen LogP contribution in [0.5, 0.6) is 0 Å². The largest absolute Gasteiger partial charge is 0.268 e. The van der Waals surface area contributed by atoms with E-state index in [1.54, 1.807) is 24.3 Å². The van der Waals surface area contributed by atoms with Crippen molar-refractivity contribution < 1.29 is 13.8 Å². The van der Waals surface area contributed by atoms with Gasteiger partial charge in [-0.25, -0.2) is 13.4 Å². The molecule has 2 aromatic carbocycles. The lowest BCUT2D eigenvalue weighted by atomic mass is 9.99. The molecule has 8 heteroatoms. The van der Waals surface area contributed by atoms with Crippen molar-refractivity contribution in [2.45, 2.75) is 43.0 Å². The van der Waals surface area contributed by atoms with Gasteiger partial charge in [0.05, 0.1) is 22.2 Å². The monoisotopic (exact) mass is 413 g/mol. The number of rotatable bonds is 2. The second kappa shape index (κ2) is 6.27. The van der Waals surface area contributed by atoms with Gasteiger partial charge in [-0.05, 0) is 72.6 Å². The molecule has 2 aromatic rings. The number of benzene rings is 2. The Bertz CT molecular complexity index is 1220. The van der Waals surface area contributed by atoms with E-state index >= 15 is 0 Å². The van der Waals surface area contributed by atoms with Gasteiger partial charge in [-0.15, -0.1) is 0 Å². The van der Waals surface area contributed by atoms with Gasteiger partial charge in [0.25, 0.3) is 5.91 Å². The Morgan fingerprint density at radius 1 is 1.14 bits per heavy atom. The van der Waals surface area contributed by atoms with E-state index in [4.69, 9.17) is 11.6 Å². The molecule has 142 valence electrons. The number of halogens is 1. The van der Waals surface area contributed by atoms with E-state index in [0.717, 1.165) is 36.0 Å². The van der Waals surface area contributed by atoms with Crippen LogP contribution in [0.3, 0.4) is 0 Å². The molecule has 0 saturated carbocycles. The van der Waals surface area contributed by atoms with E-state index in [1.807, 2.05) is 0 Å². The van der Waals surface area contributed by atoms with Crippen molar-refractivity contribution in [2.75, 3.05) is 0 Å². The van der Waals surface area contributed by atoms with Crippen molar-refractivity contribution in [3.05, 3.63) is 57.1 Å². The predicted molar refractivity (Wildman–Crippen MR) is 105 cm³/mol. The van der Waals surface area contributed by atoms with Crippen molar-refractivity contribution in [2.24, 2.45) is 9.36 Å². The average molecular weight is 414 g/mol. The fraction of sp³-hybridized carbons (Fsp3) is 0.300. The molecule has 0 spiro atoms. The summed E-state index contributed by atoms with van der Waals surface area (Å²) in [6.45, 7) is 0. The van der Waals surface area contributed by atoms with Gasteiger partial charge in [0, 0.05) is 5.02 Å². The number of fused-ring (bicyclic) bond motifs is 3. The molecule has 0 radical (unpaired) electrons. The first-order valence-electron chi connectivity index (χ1n) is 9.11. The fourth-order valence-electron chi connectivity index (χ4n) is 4.50. The number of hydrogen-bond donors (Lipinski definition) is 1. The zero-order valence-electron chi connectivity index (χ0n) is 14.8. The number of aryl methyl sites for hydroxylation is 1. The first kappa shape index (κ1) is 17.6. The molecule has 2 unspecified atom stereocenters. The fourth-order valence-corrected chi connectivity index (χ4v) is 6.69. The third kappa shape index (κ3) is 2.62. The molecule has 1 amide bonds. The van der Waals surface area contributed by atoms with Gasteiger partial charge in [-0.3, -0.25) is 9.52 Å². The maximum atomic E-state index is 13.4. The summed E-state index contributed by atoms with van der Waals surface area (Å²) in [5.41, 5.74) is 5.48. The van der Waals surface area contributed by atoms with E-state index in [2.05, 4.69) is 20.1 Å². The summed E-state index contributed by atoms with van der Waals surface area (Å²) in [5, 5.41) is 0.409. The van der Waals surface area contributed by atoms with Crippen LogP contribution in [0.2, 0.25) is 5.02 Å². The topological polar surface area (TPSA) is 88.0 Å². The highest BCUT2D eigenvalue weighted by molar-refractivity contribution is 7.93. The lowest BCUT2D eigenvalue weighted by Gasteiger charge is -2.09. The number of isocyanates is 1. The maximum absolute atomic E-state index is 13.4. The minimum absolute atomic E-state index is 0.268. The van der Waals surface area contributed by atoms with Crippen LogP contribution in [0.4, 0.5) is 5.69 Å². The molecule has 5 rings (SSSR count). The second-order valence-corrected chi connectivity index (χ2v) is 9.67. The first-order chi connectivity index (χ1) is 13.5. The van der Waals surface area contributed by atoms with Gasteiger partial charge in [0.2, 0.25) is 6.08 Å². The predicted octanol–water partition coefficient (Wildman–Crippen LogP) is 3.45. The van der Waals surface area contributed by atoms with E-state index < -0.39 is 15.8 Å². The number of carbonyl (C=O) groups excluding carboxylic acids is 2. The summed E-state index contributed by atoms with van der Waals surface area (Å²) in [5.74, 6) is -0.402. The van der Waals surface area contributed by atoms with Gasteiger partial charge in [-0.1, -0.05) is 17.7 Å². The molecule has 28 heavy (non-hydrogen) atoms. The van der Waals surface area contributed by atoms with Crippen molar-refractivity contribution in [3.8, 4) is 0 Å². The van der Waals surface area contributed by atoms with E-state index in [0.29, 0.717) is 34.0 Å². The summed E-state index contributed by atoms with van der Waals surface area (Å²) in [7, 11) is -3.09. The second-order valence-electron chi connectivity index (χ2n) is 7.32. The van der Waals surface area contributed by atoms with E-state index in [9.17, 15) is 13.8 Å². The van der Waals surface area contributed by atoms with Gasteiger partial charge in [0.1, 0.15) is 0 Å². The van der Waals surface area contributed by atoms with Crippen LogP contribution < -0.4 is 4.72 Å². The molecule has 0 aromatic heterocycles. The SMILES string of the molecule is O=C=Nc1c2c(cc3c1CC(N=S1(=O)NC(=O)c4ccc(Cl)cc41)C3)CCC2. The van der Waals surface area contributed by atoms with Crippen molar-refractivity contribution in [1.29, 1.82) is 0 Å². The maximum Gasteiger partial charge on any atom is 0.265 e. The third-order valence-corrected chi connectivity index (χ3v) is 7.86. The standard InChI is InChI=1S/C20H16ClN3O3S/c21-13-4-5-16-18(8-13)28(27,24-20(16)26)23-14-7-12-6-11-2-1-3-15(11)19(22-10-25)17(12)9-14/h4-6,8,14H,1-3,7,9H2,(H,23,24,26,27). The van der Waals surface area contributed by atoms with Crippen molar-refractivity contribution in [3.63, 3.8) is 0 Å². The number of hydrogen-bond acceptors (Lipinski definition) is 5. The van der Waals surface area contributed by atoms with Crippen LogP contribution >= 0.6 is 11.6 Å². The van der Waals surface area contributed by atoms with Gasteiger partial charge >= 0.3 is 0 Å². The zero-order valence-corrected chi connectivity index (χ0v) is 16.4. The summed E-state index contributed by atoms with van der Waals surface area (Å²) in [6.07, 6.45) is 5.76. The van der Waals surface area contributed by atoms with Crippen LogP contribution in [0, 0.1) is 0 Å². The molecular weight excluding hydrogens is 398 g/mol. The highest BCUT2D eigenvalue weighted by Crippen LogP contribution is 2.41. The smallest absolute Gasteiger partial charge is 0.265 e. The first-order valence-corrected chi connectivity index (χ1v) is 11.0. The highest BCUT2D eigenvalue weighted by Gasteiger charge is 2.34. The summed E-state index contributed by atoms with van der Waals surface area (Å²) >= 11 is 6.05. The van der Waals surface area contributed by atoms with Crippen LogP contribution in [0.25, 0.3) is 0 Å². The number of nitrogens with one attached hydrogen (secondary N) is 1. The third-order valence-electron chi connectivity index (χ3n) is 5.64. The molecule has 3 aliphatic rings. The Kier molecular flexibility index (Phi) is 3.95. The molecule has 6 nitrogen and oxygen atoms in total. The van der Waals surface area contributed by atoms with Crippen molar-refractivity contribution in [1.82, 2.24) is 4.72 Å². The summed E-state index contributed by atoms with van der Waals surface area (Å²) in [6, 6.07) is 6.61. The molecule has 0 saturated heterocycles. The minimum Gasteiger partial charge on any atom is -0.268 e. The quantitative estimate of drug-likeness (QED) is 0.604. The Hall–Kier alpha value is -2.47. The summed E-state index contributed by atoms with van der Waals surface area (Å²) in [4.78, 5) is 27.5. The molecule has 2 atom stereocenters. The number of carbonyl (C=O) groups is 1. The van der Waals surface area contributed by atoms with Crippen LogP contribution in [-0.2, 0) is 40.4 Å². The Balaban J connectivity index is 1.58.